The predicted octanol–water partition coefficient (Wildman–Crippen LogP) is 3.65. The molecule has 1 aromatic carbocycles. The van der Waals surface area contributed by atoms with Crippen LogP contribution >= 0.6 is 24.0 Å². The molecule has 2 aromatic rings. The second kappa shape index (κ2) is 12.6. The molecular formula is C20H31IN4O2. The third-order valence-corrected chi connectivity index (χ3v) is 4.42. The molecule has 0 unspecified atom stereocenters. The molecule has 0 fully saturated rings. The molecule has 6 nitrogen and oxygen atoms in total. The van der Waals surface area contributed by atoms with Gasteiger partial charge in [-0.1, -0.05) is 17.3 Å². The first kappa shape index (κ1) is 23.3. The van der Waals surface area contributed by atoms with Gasteiger partial charge >= 0.3 is 0 Å². The lowest BCUT2D eigenvalue weighted by molar-refractivity contribution is 0.392. The molecule has 0 aliphatic rings. The van der Waals surface area contributed by atoms with Gasteiger partial charge in [-0.2, -0.15) is 0 Å². The maximum absolute atomic E-state index is 5.19. The molecule has 1 heterocycles. The van der Waals surface area contributed by atoms with Gasteiger partial charge in [0.15, 0.2) is 5.96 Å². The summed E-state index contributed by atoms with van der Waals surface area (Å²) in [5.74, 6) is 2.63. The fraction of sp³-hybridized carbons (Fsp3) is 0.500. The van der Waals surface area contributed by atoms with Crippen LogP contribution in [0, 0.1) is 13.8 Å². The quantitative estimate of drug-likeness (QED) is 0.245. The Morgan fingerprint density at radius 1 is 1.07 bits per heavy atom. The molecule has 0 aliphatic carbocycles. The van der Waals surface area contributed by atoms with E-state index in [1.54, 1.807) is 14.2 Å². The van der Waals surface area contributed by atoms with Crippen LogP contribution in [-0.4, -0.2) is 38.4 Å². The van der Waals surface area contributed by atoms with Crippen LogP contribution in [-0.2, 0) is 12.8 Å². The van der Waals surface area contributed by atoms with Gasteiger partial charge in [-0.25, -0.2) is 0 Å². The summed E-state index contributed by atoms with van der Waals surface area (Å²) in [6, 6.07) is 8.28. The van der Waals surface area contributed by atoms with Gasteiger partial charge in [0.05, 0.1) is 12.8 Å². The zero-order valence-corrected chi connectivity index (χ0v) is 19.0. The Bertz CT molecular complexity index is 679. The van der Waals surface area contributed by atoms with Gasteiger partial charge in [-0.15, -0.1) is 24.0 Å². The third kappa shape index (κ3) is 7.78. The average molecular weight is 486 g/mol. The topological polar surface area (TPSA) is 71.7 Å². The van der Waals surface area contributed by atoms with E-state index in [0.717, 1.165) is 61.9 Å². The standard InChI is InChI=1S/C20H30N4O2.HI/c1-15-19(16(2)26-24-15)12-14-23-20(21-3)22-13-6-5-7-17-8-10-18(25-4)11-9-17;/h8-11H,5-7,12-14H2,1-4H3,(H2,21,22,23);1H. The average Bonchev–Trinajstić information content (AvgIpc) is 2.98. The van der Waals surface area contributed by atoms with Crippen LogP contribution in [0.4, 0.5) is 0 Å². The van der Waals surface area contributed by atoms with Crippen molar-refractivity contribution in [1.82, 2.24) is 15.8 Å². The smallest absolute Gasteiger partial charge is 0.190 e. The first-order valence-electron chi connectivity index (χ1n) is 9.13. The van der Waals surface area contributed by atoms with E-state index < -0.39 is 0 Å². The minimum absolute atomic E-state index is 0. The Hall–Kier alpha value is -1.77. The van der Waals surface area contributed by atoms with E-state index in [0.29, 0.717) is 0 Å². The van der Waals surface area contributed by atoms with Crippen molar-refractivity contribution < 1.29 is 9.26 Å². The van der Waals surface area contributed by atoms with E-state index in [9.17, 15) is 0 Å². The fourth-order valence-electron chi connectivity index (χ4n) is 2.84. The number of benzene rings is 1. The molecule has 2 N–H and O–H groups in total. The number of halogens is 1. The minimum Gasteiger partial charge on any atom is -0.497 e. The molecule has 2 rings (SSSR count). The van der Waals surface area contributed by atoms with Crippen molar-refractivity contribution in [3.8, 4) is 5.75 Å². The third-order valence-electron chi connectivity index (χ3n) is 4.42. The highest BCUT2D eigenvalue weighted by Crippen LogP contribution is 2.13. The molecule has 0 spiro atoms. The van der Waals surface area contributed by atoms with Crippen molar-refractivity contribution in [3.05, 3.63) is 46.8 Å². The van der Waals surface area contributed by atoms with E-state index in [-0.39, 0.29) is 24.0 Å². The number of hydrogen-bond donors (Lipinski definition) is 2. The summed E-state index contributed by atoms with van der Waals surface area (Å²) in [7, 11) is 3.48. The lowest BCUT2D eigenvalue weighted by Crippen LogP contribution is -2.38. The van der Waals surface area contributed by atoms with Gasteiger partial charge in [-0.3, -0.25) is 4.99 Å². The second-order valence-corrected chi connectivity index (χ2v) is 6.28. The van der Waals surface area contributed by atoms with Crippen molar-refractivity contribution in [3.63, 3.8) is 0 Å². The molecule has 0 saturated heterocycles. The lowest BCUT2D eigenvalue weighted by atomic mass is 10.1. The van der Waals surface area contributed by atoms with Crippen LogP contribution in [0.15, 0.2) is 33.8 Å². The Kier molecular flexibility index (Phi) is 10.8. The number of nitrogens with one attached hydrogen (secondary N) is 2. The van der Waals surface area contributed by atoms with Gasteiger partial charge in [-0.05, 0) is 57.2 Å². The highest BCUT2D eigenvalue weighted by atomic mass is 127. The van der Waals surface area contributed by atoms with Crippen LogP contribution in [0.5, 0.6) is 5.75 Å². The molecular weight excluding hydrogens is 455 g/mol. The fourth-order valence-corrected chi connectivity index (χ4v) is 2.84. The maximum Gasteiger partial charge on any atom is 0.190 e. The largest absolute Gasteiger partial charge is 0.497 e. The number of guanidine groups is 1. The Labute approximate surface area is 179 Å². The molecule has 0 radical (unpaired) electrons. The number of ether oxygens (including phenoxy) is 1. The predicted molar refractivity (Wildman–Crippen MR) is 120 cm³/mol. The molecule has 150 valence electrons. The van der Waals surface area contributed by atoms with Crippen LogP contribution < -0.4 is 15.4 Å². The normalized spacial score (nSPS) is 11.0. The molecule has 0 saturated carbocycles. The number of hydrogen-bond acceptors (Lipinski definition) is 4. The molecule has 0 amide bonds. The van der Waals surface area contributed by atoms with Gasteiger partial charge < -0.3 is 19.9 Å². The lowest BCUT2D eigenvalue weighted by Gasteiger charge is -2.11. The molecule has 0 bridgehead atoms. The molecule has 27 heavy (non-hydrogen) atoms. The molecule has 1 aromatic heterocycles. The van der Waals surface area contributed by atoms with E-state index in [4.69, 9.17) is 9.26 Å². The SMILES string of the molecule is CN=C(NCCCCc1ccc(OC)cc1)NCCc1c(C)noc1C.I. The number of methoxy groups -OCH3 is 1. The van der Waals surface area contributed by atoms with E-state index in [2.05, 4.69) is 32.9 Å². The number of aliphatic imine (C=N–C) groups is 1. The highest BCUT2D eigenvalue weighted by molar-refractivity contribution is 14.0. The summed E-state index contributed by atoms with van der Waals surface area (Å²) < 4.78 is 10.4. The summed E-state index contributed by atoms with van der Waals surface area (Å²) in [5.41, 5.74) is 3.48. The number of aromatic nitrogens is 1. The summed E-state index contributed by atoms with van der Waals surface area (Å²) in [5, 5.41) is 10.7. The monoisotopic (exact) mass is 486 g/mol. The van der Waals surface area contributed by atoms with Crippen molar-refractivity contribution >= 4 is 29.9 Å². The number of aryl methyl sites for hydroxylation is 3. The first-order valence-corrected chi connectivity index (χ1v) is 9.13. The van der Waals surface area contributed by atoms with Crippen LogP contribution in [0.3, 0.4) is 0 Å². The summed E-state index contributed by atoms with van der Waals surface area (Å²) in [4.78, 5) is 4.27. The zero-order valence-electron chi connectivity index (χ0n) is 16.7. The highest BCUT2D eigenvalue weighted by Gasteiger charge is 2.08. The van der Waals surface area contributed by atoms with Crippen LogP contribution in [0.1, 0.15) is 35.4 Å². The van der Waals surface area contributed by atoms with Crippen LogP contribution in [0.2, 0.25) is 0 Å². The van der Waals surface area contributed by atoms with E-state index >= 15 is 0 Å². The summed E-state index contributed by atoms with van der Waals surface area (Å²) >= 11 is 0. The Morgan fingerprint density at radius 3 is 2.37 bits per heavy atom. The second-order valence-electron chi connectivity index (χ2n) is 6.28. The van der Waals surface area contributed by atoms with E-state index in [1.165, 1.54) is 11.1 Å². The molecule has 0 aliphatic heterocycles. The zero-order chi connectivity index (χ0) is 18.8. The summed E-state index contributed by atoms with van der Waals surface area (Å²) in [6.07, 6.45) is 4.18. The molecule has 0 atom stereocenters. The van der Waals surface area contributed by atoms with Crippen molar-refractivity contribution in [1.29, 1.82) is 0 Å². The minimum atomic E-state index is 0. The van der Waals surface area contributed by atoms with Gasteiger partial charge in [0.2, 0.25) is 0 Å². The van der Waals surface area contributed by atoms with Crippen molar-refractivity contribution in [2.24, 2.45) is 4.99 Å². The van der Waals surface area contributed by atoms with E-state index in [1.807, 2.05) is 26.0 Å². The number of nitrogens with zero attached hydrogens (tertiary/aromatic N) is 2. The molecule has 7 heteroatoms. The first-order chi connectivity index (χ1) is 12.6. The van der Waals surface area contributed by atoms with Gasteiger partial charge in [0.1, 0.15) is 11.5 Å². The Morgan fingerprint density at radius 2 is 1.78 bits per heavy atom. The van der Waals surface area contributed by atoms with Gasteiger partial charge in [0.25, 0.3) is 0 Å². The summed E-state index contributed by atoms with van der Waals surface area (Å²) in [6.45, 7) is 5.63. The number of rotatable bonds is 9. The number of unbranched alkanes of at least 4 members (excludes halogenated alkanes) is 1. The van der Waals surface area contributed by atoms with Crippen molar-refractivity contribution in [2.75, 3.05) is 27.2 Å². The van der Waals surface area contributed by atoms with Crippen LogP contribution in [0.25, 0.3) is 0 Å². The van der Waals surface area contributed by atoms with Gasteiger partial charge in [0, 0.05) is 25.7 Å². The van der Waals surface area contributed by atoms with Crippen molar-refractivity contribution in [2.45, 2.75) is 39.5 Å². The maximum atomic E-state index is 5.19. The Balaban J connectivity index is 0.00000364.